The number of nitrogens with one attached hydrogen (secondary N) is 1. The molecule has 3 heteroatoms. The van der Waals surface area contributed by atoms with Crippen LogP contribution in [0, 0.1) is 0 Å². The van der Waals surface area contributed by atoms with E-state index in [0.29, 0.717) is 6.04 Å². The molecule has 0 aliphatic heterocycles. The molecule has 0 radical (unpaired) electrons. The lowest BCUT2D eigenvalue weighted by Gasteiger charge is -2.18. The van der Waals surface area contributed by atoms with Gasteiger partial charge in [0.15, 0.2) is 0 Å². The van der Waals surface area contributed by atoms with Gasteiger partial charge in [-0.3, -0.25) is 0 Å². The van der Waals surface area contributed by atoms with Gasteiger partial charge < -0.3 is 9.73 Å². The average molecular weight is 322 g/mol. The van der Waals surface area contributed by atoms with Gasteiger partial charge in [0.05, 0.1) is 6.26 Å². The minimum Gasteiger partial charge on any atom is -0.469 e. The molecular formula is C16H20BrNO. The fourth-order valence-electron chi connectivity index (χ4n) is 2.34. The molecule has 0 saturated carbocycles. The van der Waals surface area contributed by atoms with Gasteiger partial charge in [-0.15, -0.1) is 0 Å². The maximum absolute atomic E-state index is 5.55. The van der Waals surface area contributed by atoms with Crippen LogP contribution in [0.2, 0.25) is 0 Å². The van der Waals surface area contributed by atoms with Crippen LogP contribution in [0.25, 0.3) is 0 Å². The van der Waals surface area contributed by atoms with E-state index in [2.05, 4.69) is 65.4 Å². The Morgan fingerprint density at radius 1 is 1.16 bits per heavy atom. The summed E-state index contributed by atoms with van der Waals surface area (Å²) in [5.74, 6) is 1.09. The molecule has 0 bridgehead atoms. The van der Waals surface area contributed by atoms with Gasteiger partial charge in [0, 0.05) is 22.5 Å². The number of rotatable bonds is 6. The monoisotopic (exact) mass is 321 g/mol. The van der Waals surface area contributed by atoms with E-state index in [1.165, 1.54) is 11.1 Å². The van der Waals surface area contributed by atoms with Crippen molar-refractivity contribution in [2.24, 2.45) is 0 Å². The summed E-state index contributed by atoms with van der Waals surface area (Å²) < 4.78 is 6.67. The van der Waals surface area contributed by atoms with Crippen LogP contribution in [0.15, 0.2) is 45.5 Å². The van der Waals surface area contributed by atoms with Gasteiger partial charge in [-0.25, -0.2) is 0 Å². The van der Waals surface area contributed by atoms with Gasteiger partial charge in [-0.05, 0) is 36.7 Å². The Morgan fingerprint density at radius 3 is 2.53 bits per heavy atom. The molecule has 0 aliphatic rings. The zero-order valence-electron chi connectivity index (χ0n) is 11.4. The lowest BCUT2D eigenvalue weighted by atomic mass is 9.98. The number of halogens is 1. The smallest absolute Gasteiger partial charge is 0.108 e. The zero-order valence-corrected chi connectivity index (χ0v) is 13.0. The highest BCUT2D eigenvalue weighted by Gasteiger charge is 2.16. The first-order valence-corrected chi connectivity index (χ1v) is 7.58. The Labute approximate surface area is 123 Å². The highest BCUT2D eigenvalue weighted by molar-refractivity contribution is 9.10. The lowest BCUT2D eigenvalue weighted by Crippen LogP contribution is -2.23. The van der Waals surface area contributed by atoms with Crippen LogP contribution < -0.4 is 5.32 Å². The molecule has 0 fully saturated rings. The molecule has 102 valence electrons. The maximum Gasteiger partial charge on any atom is 0.108 e. The summed E-state index contributed by atoms with van der Waals surface area (Å²) in [6.45, 7) is 5.22. The standard InChI is InChI=1S/C16H20BrNO/c1-3-16-14(9-10-19-16)15(18-4-2)11-12-5-7-13(17)8-6-12/h5-10,15,18H,3-4,11H2,1-2H3. The average Bonchev–Trinajstić information content (AvgIpc) is 2.89. The number of furan rings is 1. The predicted octanol–water partition coefficient (Wildman–Crippen LogP) is 4.50. The van der Waals surface area contributed by atoms with Gasteiger partial charge >= 0.3 is 0 Å². The Balaban J connectivity index is 2.18. The van der Waals surface area contributed by atoms with Gasteiger partial charge in [-0.1, -0.05) is 41.9 Å². The second kappa shape index (κ2) is 6.92. The number of hydrogen-bond donors (Lipinski definition) is 1. The Kier molecular flexibility index (Phi) is 5.23. The van der Waals surface area contributed by atoms with Gasteiger partial charge in [0.2, 0.25) is 0 Å². The Bertz CT molecular complexity index is 504. The van der Waals surface area contributed by atoms with E-state index < -0.39 is 0 Å². The van der Waals surface area contributed by atoms with Crippen LogP contribution >= 0.6 is 15.9 Å². The lowest BCUT2D eigenvalue weighted by molar-refractivity contribution is 0.487. The number of hydrogen-bond acceptors (Lipinski definition) is 2. The highest BCUT2D eigenvalue weighted by atomic mass is 79.9. The molecule has 1 heterocycles. The number of aryl methyl sites for hydroxylation is 1. The molecule has 1 atom stereocenters. The van der Waals surface area contributed by atoms with Gasteiger partial charge in [0.1, 0.15) is 5.76 Å². The maximum atomic E-state index is 5.55. The van der Waals surface area contributed by atoms with Crippen LogP contribution in [-0.2, 0) is 12.8 Å². The second-order valence-electron chi connectivity index (χ2n) is 4.59. The summed E-state index contributed by atoms with van der Waals surface area (Å²) in [5.41, 5.74) is 2.62. The minimum absolute atomic E-state index is 0.319. The zero-order chi connectivity index (χ0) is 13.7. The molecule has 2 rings (SSSR count). The van der Waals surface area contributed by atoms with Crippen LogP contribution in [0.4, 0.5) is 0 Å². The van der Waals surface area contributed by atoms with Crippen LogP contribution in [0.1, 0.15) is 36.8 Å². The van der Waals surface area contributed by atoms with E-state index in [4.69, 9.17) is 4.42 Å². The first-order valence-electron chi connectivity index (χ1n) is 6.78. The van der Waals surface area contributed by atoms with E-state index >= 15 is 0 Å². The van der Waals surface area contributed by atoms with Gasteiger partial charge in [0.25, 0.3) is 0 Å². The third kappa shape index (κ3) is 3.71. The quantitative estimate of drug-likeness (QED) is 0.847. The molecule has 2 nitrogen and oxygen atoms in total. The SMILES string of the molecule is CCNC(Cc1ccc(Br)cc1)c1ccoc1CC. The third-order valence-corrected chi connectivity index (χ3v) is 3.81. The molecule has 1 aromatic heterocycles. The topological polar surface area (TPSA) is 25.2 Å². The van der Waals surface area contributed by atoms with Crippen LogP contribution in [0.3, 0.4) is 0 Å². The molecule has 2 aromatic rings. The third-order valence-electron chi connectivity index (χ3n) is 3.28. The summed E-state index contributed by atoms with van der Waals surface area (Å²) in [6, 6.07) is 10.9. The van der Waals surface area contributed by atoms with Crippen molar-refractivity contribution >= 4 is 15.9 Å². The number of benzene rings is 1. The normalized spacial score (nSPS) is 12.6. The van der Waals surface area contributed by atoms with E-state index in [0.717, 1.165) is 29.6 Å². The predicted molar refractivity (Wildman–Crippen MR) is 82.3 cm³/mol. The van der Waals surface area contributed by atoms with Crippen molar-refractivity contribution in [2.75, 3.05) is 6.54 Å². The minimum atomic E-state index is 0.319. The molecule has 0 saturated heterocycles. The summed E-state index contributed by atoms with van der Waals surface area (Å²) in [4.78, 5) is 0. The van der Waals surface area contributed by atoms with E-state index in [9.17, 15) is 0 Å². The molecule has 1 aromatic carbocycles. The van der Waals surface area contributed by atoms with E-state index in [1.54, 1.807) is 6.26 Å². The summed E-state index contributed by atoms with van der Waals surface area (Å²) in [5, 5.41) is 3.55. The molecule has 0 spiro atoms. The summed E-state index contributed by atoms with van der Waals surface area (Å²) >= 11 is 3.47. The molecule has 1 unspecified atom stereocenters. The largest absolute Gasteiger partial charge is 0.469 e. The fourth-order valence-corrected chi connectivity index (χ4v) is 2.61. The van der Waals surface area contributed by atoms with Gasteiger partial charge in [-0.2, -0.15) is 0 Å². The first kappa shape index (κ1) is 14.4. The molecule has 0 amide bonds. The second-order valence-corrected chi connectivity index (χ2v) is 5.51. The van der Waals surface area contributed by atoms with Crippen molar-refractivity contribution in [3.8, 4) is 0 Å². The summed E-state index contributed by atoms with van der Waals surface area (Å²) in [7, 11) is 0. The van der Waals surface area contributed by atoms with Crippen molar-refractivity contribution in [2.45, 2.75) is 32.7 Å². The van der Waals surface area contributed by atoms with Crippen LogP contribution in [0.5, 0.6) is 0 Å². The van der Waals surface area contributed by atoms with Crippen molar-refractivity contribution in [1.82, 2.24) is 5.32 Å². The number of likely N-dealkylation sites (N-methyl/N-ethyl adjacent to an activating group) is 1. The van der Waals surface area contributed by atoms with Crippen molar-refractivity contribution < 1.29 is 4.42 Å². The molecular weight excluding hydrogens is 302 g/mol. The Morgan fingerprint density at radius 2 is 1.89 bits per heavy atom. The molecule has 0 aliphatic carbocycles. The van der Waals surface area contributed by atoms with E-state index in [-0.39, 0.29) is 0 Å². The van der Waals surface area contributed by atoms with Crippen molar-refractivity contribution in [3.63, 3.8) is 0 Å². The summed E-state index contributed by atoms with van der Waals surface area (Å²) in [6.07, 6.45) is 3.71. The first-order chi connectivity index (χ1) is 9.24. The Hall–Kier alpha value is -1.06. The van der Waals surface area contributed by atoms with Crippen LogP contribution in [-0.4, -0.2) is 6.54 Å². The van der Waals surface area contributed by atoms with Crippen molar-refractivity contribution in [3.05, 3.63) is 58.0 Å². The molecule has 19 heavy (non-hydrogen) atoms. The fraction of sp³-hybridized carbons (Fsp3) is 0.375. The highest BCUT2D eigenvalue weighted by Crippen LogP contribution is 2.24. The van der Waals surface area contributed by atoms with E-state index in [1.807, 2.05) is 0 Å². The molecule has 1 N–H and O–H groups in total. The van der Waals surface area contributed by atoms with Crippen molar-refractivity contribution in [1.29, 1.82) is 0 Å².